The predicted molar refractivity (Wildman–Crippen MR) is 109 cm³/mol. The van der Waals surface area contributed by atoms with Crippen LogP contribution < -0.4 is 0 Å². The Labute approximate surface area is 177 Å². The second-order valence-corrected chi connectivity index (χ2v) is 8.60. The van der Waals surface area contributed by atoms with Gasteiger partial charge >= 0.3 is 0 Å². The maximum Gasteiger partial charge on any atom is 0.159 e. The van der Waals surface area contributed by atoms with Gasteiger partial charge in [-0.05, 0) is 23.7 Å². The first-order valence-corrected chi connectivity index (χ1v) is 9.68. The standard InChI is InChI=1S/2C11H20O2.Cu/c2*1-8(2)5-10(12)7-11(13)6-9(3)4;/h2*7-9,12H,5-6H2,1-4H3;/b2*10-7-;. The molecule has 0 aliphatic carbocycles. The van der Waals surface area contributed by atoms with Gasteiger partial charge in [0.15, 0.2) is 11.6 Å². The minimum Gasteiger partial charge on any atom is -0.512 e. The molecule has 0 bridgehead atoms. The molecule has 0 aromatic rings. The van der Waals surface area contributed by atoms with Crippen molar-refractivity contribution in [2.75, 3.05) is 0 Å². The van der Waals surface area contributed by atoms with Crippen LogP contribution >= 0.6 is 0 Å². The molecule has 4 nitrogen and oxygen atoms in total. The number of hydrogen-bond donors (Lipinski definition) is 2. The van der Waals surface area contributed by atoms with Gasteiger partial charge in [0.25, 0.3) is 0 Å². The van der Waals surface area contributed by atoms with E-state index >= 15 is 0 Å². The number of aliphatic hydroxyl groups excluding tert-OH is 2. The van der Waals surface area contributed by atoms with Gasteiger partial charge < -0.3 is 10.2 Å². The van der Waals surface area contributed by atoms with Crippen molar-refractivity contribution in [3.63, 3.8) is 0 Å². The molecule has 0 heterocycles. The molecular formula is C22H40CuO4. The van der Waals surface area contributed by atoms with Crippen LogP contribution in [0.3, 0.4) is 0 Å². The average molecular weight is 432 g/mol. The van der Waals surface area contributed by atoms with Gasteiger partial charge in [-0.2, -0.15) is 0 Å². The van der Waals surface area contributed by atoms with Crippen LogP contribution in [0.2, 0.25) is 0 Å². The molecule has 0 saturated heterocycles. The Kier molecular flexibility index (Phi) is 19.4. The van der Waals surface area contributed by atoms with Crippen LogP contribution in [-0.2, 0) is 26.7 Å². The van der Waals surface area contributed by atoms with Crippen molar-refractivity contribution >= 4 is 11.6 Å². The molecule has 0 atom stereocenters. The second kappa shape index (κ2) is 17.1. The Morgan fingerprint density at radius 1 is 0.593 bits per heavy atom. The van der Waals surface area contributed by atoms with Crippen molar-refractivity contribution in [2.24, 2.45) is 23.7 Å². The summed E-state index contributed by atoms with van der Waals surface area (Å²) in [7, 11) is 0. The topological polar surface area (TPSA) is 74.6 Å². The summed E-state index contributed by atoms with van der Waals surface area (Å²) in [6.45, 7) is 16.0. The number of hydrogen-bond acceptors (Lipinski definition) is 4. The van der Waals surface area contributed by atoms with Crippen molar-refractivity contribution in [2.45, 2.75) is 81.1 Å². The van der Waals surface area contributed by atoms with Crippen molar-refractivity contribution < 1.29 is 36.9 Å². The summed E-state index contributed by atoms with van der Waals surface area (Å²) in [5.41, 5.74) is 0. The number of allylic oxidation sites excluding steroid dienone is 4. The molecule has 0 saturated carbocycles. The molecular weight excluding hydrogens is 392 g/mol. The molecule has 0 unspecified atom stereocenters. The Morgan fingerprint density at radius 3 is 1.00 bits per heavy atom. The molecule has 0 aliphatic rings. The van der Waals surface area contributed by atoms with Crippen LogP contribution in [0.25, 0.3) is 0 Å². The fraction of sp³-hybridized carbons (Fsp3) is 0.727. The van der Waals surface area contributed by atoms with Crippen molar-refractivity contribution in [1.82, 2.24) is 0 Å². The zero-order chi connectivity index (χ0) is 20.9. The molecule has 0 aromatic carbocycles. The van der Waals surface area contributed by atoms with Gasteiger partial charge in [-0.3, -0.25) is 9.59 Å². The van der Waals surface area contributed by atoms with Crippen molar-refractivity contribution in [1.29, 1.82) is 0 Å². The molecule has 2 N–H and O–H groups in total. The first kappa shape index (κ1) is 30.7. The fourth-order valence-electron chi connectivity index (χ4n) is 2.25. The minimum absolute atomic E-state index is 0. The van der Waals surface area contributed by atoms with Gasteiger partial charge in [-0.25, -0.2) is 0 Å². The maximum atomic E-state index is 11.2. The molecule has 0 fully saturated rings. The van der Waals surface area contributed by atoms with E-state index in [0.717, 1.165) is 0 Å². The van der Waals surface area contributed by atoms with Gasteiger partial charge in [0, 0.05) is 54.9 Å². The van der Waals surface area contributed by atoms with Crippen molar-refractivity contribution in [3.05, 3.63) is 23.7 Å². The van der Waals surface area contributed by atoms with E-state index in [1.54, 1.807) is 0 Å². The average Bonchev–Trinajstić information content (AvgIpc) is 2.33. The Balaban J connectivity index is -0.000000411. The third-order valence-electron chi connectivity index (χ3n) is 3.11. The number of ketones is 2. The van der Waals surface area contributed by atoms with Crippen LogP contribution in [0, 0.1) is 23.7 Å². The first-order valence-electron chi connectivity index (χ1n) is 9.68. The third-order valence-corrected chi connectivity index (χ3v) is 3.11. The minimum atomic E-state index is 0. The fourth-order valence-corrected chi connectivity index (χ4v) is 2.25. The summed E-state index contributed by atoms with van der Waals surface area (Å²) in [5, 5.41) is 18.7. The van der Waals surface area contributed by atoms with Crippen LogP contribution in [0.1, 0.15) is 81.1 Å². The van der Waals surface area contributed by atoms with E-state index < -0.39 is 0 Å². The van der Waals surface area contributed by atoms with E-state index in [4.69, 9.17) is 0 Å². The largest absolute Gasteiger partial charge is 0.512 e. The quantitative estimate of drug-likeness (QED) is 0.246. The van der Waals surface area contributed by atoms with Gasteiger partial charge in [0.1, 0.15) is 0 Å². The molecule has 0 aliphatic heterocycles. The SMILES string of the molecule is CC(C)CC(=O)/C=C(\O)CC(C)C.CC(C)CC(=O)/C=C(\O)CC(C)C.[Cu]. The Morgan fingerprint density at radius 2 is 0.815 bits per heavy atom. The van der Waals surface area contributed by atoms with Crippen LogP contribution in [0.15, 0.2) is 23.7 Å². The van der Waals surface area contributed by atoms with E-state index in [0.29, 0.717) is 49.4 Å². The van der Waals surface area contributed by atoms with Gasteiger partial charge in [0.2, 0.25) is 0 Å². The van der Waals surface area contributed by atoms with Crippen LogP contribution in [0.5, 0.6) is 0 Å². The van der Waals surface area contributed by atoms with E-state index in [9.17, 15) is 19.8 Å². The summed E-state index contributed by atoms with van der Waals surface area (Å²) in [6.07, 6.45) is 4.93. The summed E-state index contributed by atoms with van der Waals surface area (Å²) in [4.78, 5) is 22.4. The summed E-state index contributed by atoms with van der Waals surface area (Å²) in [6, 6.07) is 0. The molecule has 0 amide bonds. The van der Waals surface area contributed by atoms with Crippen LogP contribution in [0.4, 0.5) is 0 Å². The van der Waals surface area contributed by atoms with E-state index in [-0.39, 0.29) is 40.2 Å². The zero-order valence-corrected chi connectivity index (χ0v) is 19.2. The zero-order valence-electron chi connectivity index (χ0n) is 18.3. The third kappa shape index (κ3) is 24.9. The molecule has 0 aromatic heterocycles. The van der Waals surface area contributed by atoms with Gasteiger partial charge in [0.05, 0.1) is 11.5 Å². The molecule has 163 valence electrons. The van der Waals surface area contributed by atoms with E-state index in [1.165, 1.54) is 12.2 Å². The Bertz CT molecular complexity index is 431. The molecule has 5 heteroatoms. The monoisotopic (exact) mass is 431 g/mol. The number of rotatable bonds is 10. The Hall–Kier alpha value is -1.06. The normalized spacial score (nSPS) is 12.1. The van der Waals surface area contributed by atoms with Crippen molar-refractivity contribution in [3.8, 4) is 0 Å². The smallest absolute Gasteiger partial charge is 0.159 e. The summed E-state index contributed by atoms with van der Waals surface area (Å²) >= 11 is 0. The van der Waals surface area contributed by atoms with Crippen LogP contribution in [-0.4, -0.2) is 21.8 Å². The van der Waals surface area contributed by atoms with E-state index in [1.807, 2.05) is 55.4 Å². The molecule has 27 heavy (non-hydrogen) atoms. The number of carbonyl (C=O) groups is 2. The summed E-state index contributed by atoms with van der Waals surface area (Å²) in [5.74, 6) is 1.96. The summed E-state index contributed by atoms with van der Waals surface area (Å²) < 4.78 is 0. The molecule has 1 radical (unpaired) electrons. The number of aliphatic hydroxyl groups is 2. The number of carbonyl (C=O) groups excluding carboxylic acids is 2. The van der Waals surface area contributed by atoms with Gasteiger partial charge in [-0.15, -0.1) is 0 Å². The first-order chi connectivity index (χ1) is 11.8. The predicted octanol–water partition coefficient (Wildman–Crippen LogP) is 6.18. The molecule has 0 spiro atoms. The maximum absolute atomic E-state index is 11.2. The van der Waals surface area contributed by atoms with Gasteiger partial charge in [-0.1, -0.05) is 55.4 Å². The molecule has 0 rings (SSSR count). The second-order valence-electron chi connectivity index (χ2n) is 8.60. The van der Waals surface area contributed by atoms with E-state index in [2.05, 4.69) is 0 Å².